The lowest BCUT2D eigenvalue weighted by Crippen LogP contribution is -2.40. The summed E-state index contributed by atoms with van der Waals surface area (Å²) >= 11 is 0. The third kappa shape index (κ3) is 4.00. The molecule has 2 atom stereocenters. The lowest BCUT2D eigenvalue weighted by Gasteiger charge is -2.28. The molecule has 0 spiro atoms. The molecule has 0 aromatic carbocycles. The highest BCUT2D eigenvalue weighted by atomic mass is 19.3. The maximum absolute atomic E-state index is 11.8. The minimum atomic E-state index is -2.25. The van der Waals surface area contributed by atoms with E-state index in [1.807, 2.05) is 0 Å². The quantitative estimate of drug-likeness (QED) is 0.705. The molecule has 0 aromatic rings. The SMILES string of the molecule is NC1CCCCC1CNCC(F)F. The van der Waals surface area contributed by atoms with Crippen LogP contribution in [0, 0.1) is 5.92 Å². The van der Waals surface area contributed by atoms with E-state index in [4.69, 9.17) is 5.73 Å². The molecule has 1 aliphatic carbocycles. The summed E-state index contributed by atoms with van der Waals surface area (Å²) in [6.45, 7) is 0.439. The molecular weight excluding hydrogens is 174 g/mol. The van der Waals surface area contributed by atoms with Crippen LogP contribution in [0.5, 0.6) is 0 Å². The van der Waals surface area contributed by atoms with Crippen LogP contribution in [0.3, 0.4) is 0 Å². The van der Waals surface area contributed by atoms with Crippen molar-refractivity contribution in [2.45, 2.75) is 38.2 Å². The van der Waals surface area contributed by atoms with E-state index in [-0.39, 0.29) is 12.6 Å². The summed E-state index contributed by atoms with van der Waals surface area (Å²) < 4.78 is 23.6. The second-order valence-electron chi connectivity index (χ2n) is 3.76. The Labute approximate surface area is 77.9 Å². The molecule has 1 aliphatic rings. The van der Waals surface area contributed by atoms with Crippen LogP contribution < -0.4 is 11.1 Å². The molecule has 1 fully saturated rings. The number of nitrogens with one attached hydrogen (secondary N) is 1. The van der Waals surface area contributed by atoms with Gasteiger partial charge in [-0.05, 0) is 25.3 Å². The lowest BCUT2D eigenvalue weighted by atomic mass is 9.85. The third-order valence-corrected chi connectivity index (χ3v) is 2.67. The van der Waals surface area contributed by atoms with Crippen LogP contribution in [0.4, 0.5) is 8.78 Å². The Bertz CT molecular complexity index is 142. The minimum absolute atomic E-state index is 0.205. The molecule has 0 aliphatic heterocycles. The molecule has 13 heavy (non-hydrogen) atoms. The average Bonchev–Trinajstić information content (AvgIpc) is 2.08. The van der Waals surface area contributed by atoms with Crippen LogP contribution in [0.2, 0.25) is 0 Å². The summed E-state index contributed by atoms with van der Waals surface area (Å²) in [6.07, 6.45) is 2.25. The Hall–Kier alpha value is -0.220. The van der Waals surface area contributed by atoms with Gasteiger partial charge in [0, 0.05) is 6.04 Å². The first-order chi connectivity index (χ1) is 6.20. The summed E-state index contributed by atoms with van der Waals surface area (Å²) in [7, 11) is 0. The molecule has 0 saturated heterocycles. The van der Waals surface area contributed by atoms with Crippen LogP contribution >= 0.6 is 0 Å². The Morgan fingerprint density at radius 3 is 2.62 bits per heavy atom. The first kappa shape index (κ1) is 10.9. The van der Waals surface area contributed by atoms with E-state index >= 15 is 0 Å². The van der Waals surface area contributed by atoms with Gasteiger partial charge in [-0.2, -0.15) is 0 Å². The predicted octanol–water partition coefficient (Wildman–Crippen LogP) is 1.36. The van der Waals surface area contributed by atoms with Gasteiger partial charge in [-0.15, -0.1) is 0 Å². The van der Waals surface area contributed by atoms with E-state index in [0.29, 0.717) is 12.5 Å². The monoisotopic (exact) mass is 192 g/mol. The number of alkyl halides is 2. The van der Waals surface area contributed by atoms with Crippen molar-refractivity contribution in [3.05, 3.63) is 0 Å². The van der Waals surface area contributed by atoms with Gasteiger partial charge >= 0.3 is 0 Å². The Morgan fingerprint density at radius 1 is 1.31 bits per heavy atom. The van der Waals surface area contributed by atoms with E-state index in [1.165, 1.54) is 12.8 Å². The van der Waals surface area contributed by atoms with Crippen molar-refractivity contribution in [2.24, 2.45) is 11.7 Å². The van der Waals surface area contributed by atoms with Crippen molar-refractivity contribution < 1.29 is 8.78 Å². The largest absolute Gasteiger partial charge is 0.327 e. The molecule has 0 bridgehead atoms. The van der Waals surface area contributed by atoms with E-state index in [9.17, 15) is 8.78 Å². The van der Waals surface area contributed by atoms with Gasteiger partial charge in [0.2, 0.25) is 0 Å². The van der Waals surface area contributed by atoms with Gasteiger partial charge in [-0.1, -0.05) is 12.8 Å². The summed E-state index contributed by atoms with van der Waals surface area (Å²) in [6, 6.07) is 0.207. The first-order valence-corrected chi connectivity index (χ1v) is 4.94. The first-order valence-electron chi connectivity index (χ1n) is 4.94. The van der Waals surface area contributed by atoms with Crippen LogP contribution in [0.25, 0.3) is 0 Å². The van der Waals surface area contributed by atoms with Gasteiger partial charge in [-0.25, -0.2) is 8.78 Å². The number of hydrogen-bond acceptors (Lipinski definition) is 2. The zero-order valence-electron chi connectivity index (χ0n) is 7.81. The molecule has 0 heterocycles. The minimum Gasteiger partial charge on any atom is -0.327 e. The topological polar surface area (TPSA) is 38.0 Å². The maximum atomic E-state index is 11.8. The van der Waals surface area contributed by atoms with Gasteiger partial charge in [0.25, 0.3) is 6.43 Å². The molecular formula is C9H18F2N2. The van der Waals surface area contributed by atoms with Crippen LogP contribution in [0.15, 0.2) is 0 Å². The van der Waals surface area contributed by atoms with Crippen molar-refractivity contribution in [1.29, 1.82) is 0 Å². The van der Waals surface area contributed by atoms with Gasteiger partial charge in [-0.3, -0.25) is 0 Å². The predicted molar refractivity (Wildman–Crippen MR) is 48.8 cm³/mol. The Balaban J connectivity index is 2.11. The van der Waals surface area contributed by atoms with Crippen LogP contribution in [-0.4, -0.2) is 25.6 Å². The molecule has 78 valence electrons. The fourth-order valence-electron chi connectivity index (χ4n) is 1.87. The van der Waals surface area contributed by atoms with E-state index in [2.05, 4.69) is 5.32 Å². The van der Waals surface area contributed by atoms with Crippen LogP contribution in [0.1, 0.15) is 25.7 Å². The van der Waals surface area contributed by atoms with Crippen molar-refractivity contribution in [1.82, 2.24) is 5.32 Å². The fourth-order valence-corrected chi connectivity index (χ4v) is 1.87. The average molecular weight is 192 g/mol. The van der Waals surface area contributed by atoms with Crippen molar-refractivity contribution in [3.8, 4) is 0 Å². The maximum Gasteiger partial charge on any atom is 0.250 e. The van der Waals surface area contributed by atoms with Gasteiger partial charge in [0.15, 0.2) is 0 Å². The Kier molecular flexibility index (Phi) is 4.59. The second-order valence-corrected chi connectivity index (χ2v) is 3.76. The number of halogens is 2. The summed E-state index contributed by atoms with van der Waals surface area (Å²) in [5, 5.41) is 2.75. The molecule has 0 amide bonds. The van der Waals surface area contributed by atoms with Gasteiger partial charge < -0.3 is 11.1 Å². The van der Waals surface area contributed by atoms with Crippen LogP contribution in [-0.2, 0) is 0 Å². The molecule has 2 nitrogen and oxygen atoms in total. The van der Waals surface area contributed by atoms with E-state index in [1.54, 1.807) is 0 Å². The summed E-state index contributed by atoms with van der Waals surface area (Å²) in [4.78, 5) is 0. The molecule has 3 N–H and O–H groups in total. The number of nitrogens with two attached hydrogens (primary N) is 1. The van der Waals surface area contributed by atoms with E-state index < -0.39 is 6.43 Å². The standard InChI is InChI=1S/C9H18F2N2/c10-9(11)6-13-5-7-3-1-2-4-8(7)12/h7-9,13H,1-6,12H2. The highest BCUT2D eigenvalue weighted by Crippen LogP contribution is 2.22. The van der Waals surface area contributed by atoms with Crippen molar-refractivity contribution >= 4 is 0 Å². The normalized spacial score (nSPS) is 29.5. The van der Waals surface area contributed by atoms with Gasteiger partial charge in [0.05, 0.1) is 6.54 Å². The molecule has 0 aromatic heterocycles. The molecule has 1 rings (SSSR count). The Morgan fingerprint density at radius 2 is 2.00 bits per heavy atom. The van der Waals surface area contributed by atoms with Crippen molar-refractivity contribution in [3.63, 3.8) is 0 Å². The summed E-state index contributed by atoms with van der Waals surface area (Å²) in [5.74, 6) is 0.396. The zero-order valence-corrected chi connectivity index (χ0v) is 7.81. The highest BCUT2D eigenvalue weighted by Gasteiger charge is 2.21. The molecule has 1 saturated carbocycles. The lowest BCUT2D eigenvalue weighted by molar-refractivity contribution is 0.141. The van der Waals surface area contributed by atoms with E-state index in [0.717, 1.165) is 12.8 Å². The smallest absolute Gasteiger partial charge is 0.250 e. The molecule has 4 heteroatoms. The highest BCUT2D eigenvalue weighted by molar-refractivity contribution is 4.79. The zero-order chi connectivity index (χ0) is 9.68. The number of hydrogen-bond donors (Lipinski definition) is 2. The fraction of sp³-hybridized carbons (Fsp3) is 1.00. The number of rotatable bonds is 4. The molecule has 0 radical (unpaired) electrons. The summed E-state index contributed by atoms with van der Waals surface area (Å²) in [5.41, 5.74) is 5.87. The third-order valence-electron chi connectivity index (χ3n) is 2.67. The second kappa shape index (κ2) is 5.50. The molecule has 2 unspecified atom stereocenters. The van der Waals surface area contributed by atoms with Crippen molar-refractivity contribution in [2.75, 3.05) is 13.1 Å². The van der Waals surface area contributed by atoms with Gasteiger partial charge in [0.1, 0.15) is 0 Å².